The first kappa shape index (κ1) is 7.30. The molecule has 3 nitrogen and oxygen atoms in total. The van der Waals surface area contributed by atoms with Gasteiger partial charge in [0, 0.05) is 18.4 Å². The minimum Gasteiger partial charge on any atom is -0.351 e. The normalized spacial score (nSPS) is 35.5. The predicted octanol–water partition coefficient (Wildman–Crippen LogP) is 1.69. The van der Waals surface area contributed by atoms with Crippen molar-refractivity contribution in [2.45, 2.75) is 25.3 Å². The molecule has 2 fully saturated rings. The maximum Gasteiger partial charge on any atom is 0.222 e. The van der Waals surface area contributed by atoms with E-state index in [1.165, 1.54) is 19.3 Å². The minimum absolute atomic E-state index is 0.677. The summed E-state index contributed by atoms with van der Waals surface area (Å²) >= 11 is 0. The molecule has 2 saturated carbocycles. The summed E-state index contributed by atoms with van der Waals surface area (Å²) in [7, 11) is 0. The Morgan fingerprint density at radius 1 is 1.15 bits per heavy atom. The topological polar surface area (TPSA) is 37.8 Å². The zero-order valence-corrected chi connectivity index (χ0v) is 7.48. The van der Waals surface area contributed by atoms with Crippen LogP contribution >= 0.6 is 0 Å². The van der Waals surface area contributed by atoms with Crippen LogP contribution in [0.1, 0.15) is 19.3 Å². The average molecular weight is 175 g/mol. The smallest absolute Gasteiger partial charge is 0.222 e. The van der Waals surface area contributed by atoms with Crippen LogP contribution in [0.5, 0.6) is 0 Å². The molecule has 1 heterocycles. The largest absolute Gasteiger partial charge is 0.351 e. The van der Waals surface area contributed by atoms with Crippen molar-refractivity contribution in [2.75, 3.05) is 5.32 Å². The summed E-state index contributed by atoms with van der Waals surface area (Å²) in [4.78, 5) is 8.33. The lowest BCUT2D eigenvalue weighted by atomic mass is 10.2. The van der Waals surface area contributed by atoms with Gasteiger partial charge in [0.25, 0.3) is 0 Å². The highest BCUT2D eigenvalue weighted by atomic mass is 15.1. The maximum atomic E-state index is 4.16. The van der Waals surface area contributed by atoms with Gasteiger partial charge in [-0.25, -0.2) is 9.97 Å². The first-order valence-corrected chi connectivity index (χ1v) is 4.99. The molecule has 68 valence electrons. The molecule has 1 N–H and O–H groups in total. The number of nitrogens with zero attached hydrogens (tertiary/aromatic N) is 2. The Morgan fingerprint density at radius 2 is 1.85 bits per heavy atom. The Hall–Kier alpha value is -1.12. The van der Waals surface area contributed by atoms with Crippen LogP contribution in [0.4, 0.5) is 5.95 Å². The second-order valence-corrected chi connectivity index (χ2v) is 4.00. The quantitative estimate of drug-likeness (QED) is 0.743. The first-order chi connectivity index (χ1) is 6.45. The van der Waals surface area contributed by atoms with Gasteiger partial charge in [0.2, 0.25) is 5.95 Å². The Balaban J connectivity index is 1.66. The third kappa shape index (κ3) is 1.19. The zero-order chi connectivity index (χ0) is 8.67. The van der Waals surface area contributed by atoms with E-state index in [1.54, 1.807) is 12.4 Å². The highest BCUT2D eigenvalue weighted by Crippen LogP contribution is 2.52. The number of hydrogen-bond acceptors (Lipinski definition) is 3. The van der Waals surface area contributed by atoms with E-state index in [-0.39, 0.29) is 0 Å². The van der Waals surface area contributed by atoms with Crippen LogP contribution in [0.15, 0.2) is 18.5 Å². The zero-order valence-electron chi connectivity index (χ0n) is 7.48. The Morgan fingerprint density at radius 3 is 2.54 bits per heavy atom. The van der Waals surface area contributed by atoms with Crippen molar-refractivity contribution in [1.29, 1.82) is 0 Å². The van der Waals surface area contributed by atoms with Gasteiger partial charge in [-0.3, -0.25) is 0 Å². The number of fused-ring (bicyclic) bond motifs is 1. The lowest BCUT2D eigenvalue weighted by Gasteiger charge is -2.04. The first-order valence-electron chi connectivity index (χ1n) is 4.99. The molecule has 0 aromatic carbocycles. The van der Waals surface area contributed by atoms with Crippen molar-refractivity contribution in [3.8, 4) is 0 Å². The molecule has 3 heteroatoms. The van der Waals surface area contributed by atoms with E-state index in [0.717, 1.165) is 17.8 Å². The van der Waals surface area contributed by atoms with Gasteiger partial charge in [-0.1, -0.05) is 6.42 Å². The number of rotatable bonds is 2. The van der Waals surface area contributed by atoms with Gasteiger partial charge >= 0.3 is 0 Å². The summed E-state index contributed by atoms with van der Waals surface area (Å²) in [6.45, 7) is 0. The van der Waals surface area contributed by atoms with E-state index in [0.29, 0.717) is 6.04 Å². The lowest BCUT2D eigenvalue weighted by molar-refractivity contribution is 0.692. The SMILES string of the molecule is c1cnc(NC2C3CCCC32)nc1. The Labute approximate surface area is 77.6 Å². The second kappa shape index (κ2) is 2.69. The van der Waals surface area contributed by atoms with Crippen molar-refractivity contribution >= 4 is 5.95 Å². The van der Waals surface area contributed by atoms with Crippen LogP contribution in [-0.4, -0.2) is 16.0 Å². The predicted molar refractivity (Wildman–Crippen MR) is 50.3 cm³/mol. The summed E-state index contributed by atoms with van der Waals surface area (Å²) in [5.41, 5.74) is 0. The van der Waals surface area contributed by atoms with Crippen LogP contribution in [0.3, 0.4) is 0 Å². The highest BCUT2D eigenvalue weighted by molar-refractivity contribution is 5.30. The number of nitrogens with one attached hydrogen (secondary N) is 1. The molecule has 0 radical (unpaired) electrons. The molecular weight excluding hydrogens is 162 g/mol. The number of aromatic nitrogens is 2. The van der Waals surface area contributed by atoms with Gasteiger partial charge in [0.05, 0.1) is 0 Å². The van der Waals surface area contributed by atoms with Crippen molar-refractivity contribution < 1.29 is 0 Å². The van der Waals surface area contributed by atoms with E-state index in [4.69, 9.17) is 0 Å². The van der Waals surface area contributed by atoms with Crippen molar-refractivity contribution in [2.24, 2.45) is 11.8 Å². The molecular formula is C10H13N3. The summed E-state index contributed by atoms with van der Waals surface area (Å²) in [5.74, 6) is 2.63. The van der Waals surface area contributed by atoms with E-state index < -0.39 is 0 Å². The third-order valence-corrected chi connectivity index (χ3v) is 3.27. The maximum absolute atomic E-state index is 4.16. The fourth-order valence-electron chi connectivity index (χ4n) is 2.56. The van der Waals surface area contributed by atoms with Gasteiger partial charge < -0.3 is 5.32 Å². The van der Waals surface area contributed by atoms with E-state index in [2.05, 4.69) is 15.3 Å². The molecule has 0 amide bonds. The third-order valence-electron chi connectivity index (χ3n) is 3.27. The molecule has 1 aromatic heterocycles. The molecule has 0 saturated heterocycles. The van der Waals surface area contributed by atoms with Gasteiger partial charge in [-0.2, -0.15) is 0 Å². The molecule has 0 bridgehead atoms. The highest BCUT2D eigenvalue weighted by Gasteiger charge is 2.52. The van der Waals surface area contributed by atoms with Gasteiger partial charge in [0.15, 0.2) is 0 Å². The van der Waals surface area contributed by atoms with E-state index in [9.17, 15) is 0 Å². The van der Waals surface area contributed by atoms with Crippen molar-refractivity contribution in [3.05, 3.63) is 18.5 Å². The molecule has 2 atom stereocenters. The van der Waals surface area contributed by atoms with Crippen molar-refractivity contribution in [1.82, 2.24) is 9.97 Å². The Kier molecular flexibility index (Phi) is 1.51. The average Bonchev–Trinajstić information content (AvgIpc) is 2.65. The number of anilines is 1. The molecule has 13 heavy (non-hydrogen) atoms. The van der Waals surface area contributed by atoms with Gasteiger partial charge in [-0.05, 0) is 30.7 Å². The molecule has 0 spiro atoms. The summed E-state index contributed by atoms with van der Waals surface area (Å²) in [6, 6.07) is 2.52. The molecule has 2 unspecified atom stereocenters. The van der Waals surface area contributed by atoms with Crippen LogP contribution in [0.2, 0.25) is 0 Å². The molecule has 2 aliphatic carbocycles. The van der Waals surface area contributed by atoms with Gasteiger partial charge in [0.1, 0.15) is 0 Å². The summed E-state index contributed by atoms with van der Waals surface area (Å²) < 4.78 is 0. The Bertz CT molecular complexity index is 288. The monoisotopic (exact) mass is 175 g/mol. The van der Waals surface area contributed by atoms with E-state index in [1.807, 2.05) is 6.07 Å². The van der Waals surface area contributed by atoms with Crippen LogP contribution in [0.25, 0.3) is 0 Å². The van der Waals surface area contributed by atoms with Crippen LogP contribution in [0, 0.1) is 11.8 Å². The van der Waals surface area contributed by atoms with Crippen molar-refractivity contribution in [3.63, 3.8) is 0 Å². The summed E-state index contributed by atoms with van der Waals surface area (Å²) in [5, 5.41) is 3.40. The molecule has 3 rings (SSSR count). The second-order valence-electron chi connectivity index (χ2n) is 4.00. The fourth-order valence-corrected chi connectivity index (χ4v) is 2.56. The molecule has 0 aliphatic heterocycles. The van der Waals surface area contributed by atoms with E-state index >= 15 is 0 Å². The number of hydrogen-bond donors (Lipinski definition) is 1. The molecule has 2 aliphatic rings. The van der Waals surface area contributed by atoms with Crippen LogP contribution < -0.4 is 5.32 Å². The minimum atomic E-state index is 0.677. The summed E-state index contributed by atoms with van der Waals surface area (Å²) in [6.07, 6.45) is 7.79. The fraction of sp³-hybridized carbons (Fsp3) is 0.600. The molecule has 1 aromatic rings. The van der Waals surface area contributed by atoms with Gasteiger partial charge in [-0.15, -0.1) is 0 Å². The standard InChI is InChI=1S/C10H13N3/c1-3-7-8(4-1)9(7)13-10-11-5-2-6-12-10/h2,5-9H,1,3-4H2,(H,11,12,13). The lowest BCUT2D eigenvalue weighted by Crippen LogP contribution is -2.10. The van der Waals surface area contributed by atoms with Crippen LogP contribution in [-0.2, 0) is 0 Å².